The van der Waals surface area contributed by atoms with Crippen molar-refractivity contribution in [3.8, 4) is 0 Å². The Kier molecular flexibility index (Phi) is 5.49. The van der Waals surface area contributed by atoms with Gasteiger partial charge in [-0.15, -0.1) is 0 Å². The predicted octanol–water partition coefficient (Wildman–Crippen LogP) is 0.0793. The first kappa shape index (κ1) is 14.0. The molecule has 3 N–H and O–H groups in total. The minimum atomic E-state index is -3.81. The van der Waals surface area contributed by atoms with Gasteiger partial charge >= 0.3 is 0 Å². The van der Waals surface area contributed by atoms with Crippen molar-refractivity contribution < 1.29 is 17.5 Å². The minimum Gasteiger partial charge on any atom is -0.379 e. The van der Waals surface area contributed by atoms with Crippen LogP contribution >= 0.6 is 0 Å². The van der Waals surface area contributed by atoms with Crippen LogP contribution < -0.4 is 10.5 Å². The second kappa shape index (κ2) is 6.65. The van der Waals surface area contributed by atoms with Gasteiger partial charge in [-0.05, 0) is 12.1 Å². The van der Waals surface area contributed by atoms with E-state index in [1.165, 1.54) is 18.2 Å². The molecule has 7 heteroatoms. The van der Waals surface area contributed by atoms with Gasteiger partial charge in [0.25, 0.3) is 0 Å². The van der Waals surface area contributed by atoms with Crippen molar-refractivity contribution in [2.45, 2.75) is 4.90 Å². The number of benzene rings is 1. The van der Waals surface area contributed by atoms with Gasteiger partial charge < -0.3 is 10.5 Å². The van der Waals surface area contributed by atoms with Crippen molar-refractivity contribution in [2.24, 2.45) is 5.73 Å². The molecule has 0 aromatic heterocycles. The number of halogens is 1. The molecule has 0 atom stereocenters. The van der Waals surface area contributed by atoms with Crippen LogP contribution in [0, 0.1) is 5.82 Å². The molecule has 0 saturated carbocycles. The zero-order chi connectivity index (χ0) is 12.7. The quantitative estimate of drug-likeness (QED) is 0.682. The lowest BCUT2D eigenvalue weighted by Crippen LogP contribution is -2.28. The fourth-order valence-corrected chi connectivity index (χ4v) is 2.26. The Morgan fingerprint density at radius 3 is 2.65 bits per heavy atom. The summed E-state index contributed by atoms with van der Waals surface area (Å²) in [5.74, 6) is -0.775. The molecule has 0 saturated heterocycles. The lowest BCUT2D eigenvalue weighted by atomic mass is 10.4. The van der Waals surface area contributed by atoms with Crippen LogP contribution in [-0.2, 0) is 14.8 Å². The molecule has 1 aromatic rings. The summed E-state index contributed by atoms with van der Waals surface area (Å²) < 4.78 is 43.8. The maximum atomic E-state index is 13.2. The molecule has 96 valence electrons. The average molecular weight is 262 g/mol. The van der Waals surface area contributed by atoms with Crippen LogP contribution in [0.1, 0.15) is 0 Å². The highest BCUT2D eigenvalue weighted by molar-refractivity contribution is 7.89. The number of nitrogens with two attached hydrogens (primary N) is 1. The molecule has 0 aliphatic heterocycles. The summed E-state index contributed by atoms with van der Waals surface area (Å²) in [4.78, 5) is -0.362. The van der Waals surface area contributed by atoms with Crippen LogP contribution in [0.4, 0.5) is 4.39 Å². The van der Waals surface area contributed by atoms with Crippen LogP contribution in [0.5, 0.6) is 0 Å². The summed E-state index contributed by atoms with van der Waals surface area (Å²) >= 11 is 0. The summed E-state index contributed by atoms with van der Waals surface area (Å²) in [6.07, 6.45) is 0. The van der Waals surface area contributed by atoms with E-state index in [2.05, 4.69) is 4.72 Å². The molecule has 0 unspecified atom stereocenters. The Morgan fingerprint density at radius 2 is 2.00 bits per heavy atom. The first-order chi connectivity index (χ1) is 8.08. The van der Waals surface area contributed by atoms with Crippen molar-refractivity contribution in [1.82, 2.24) is 4.72 Å². The third-order valence-corrected chi connectivity index (χ3v) is 3.42. The molecular formula is C10H15FN2O3S. The standard InChI is InChI=1S/C10H15FN2O3S/c11-9-3-1-2-4-10(9)17(14,15)13-6-8-16-7-5-12/h1-4,13H,5-8,12H2. The largest absolute Gasteiger partial charge is 0.379 e. The van der Waals surface area contributed by atoms with Gasteiger partial charge in [-0.1, -0.05) is 12.1 Å². The van der Waals surface area contributed by atoms with E-state index in [4.69, 9.17) is 10.5 Å². The second-order valence-corrected chi connectivity index (χ2v) is 4.96. The maximum absolute atomic E-state index is 13.2. The van der Waals surface area contributed by atoms with Gasteiger partial charge in [-0.25, -0.2) is 17.5 Å². The normalized spacial score (nSPS) is 11.6. The zero-order valence-electron chi connectivity index (χ0n) is 9.23. The Hall–Kier alpha value is -1.02. The number of ether oxygens (including phenoxy) is 1. The SMILES string of the molecule is NCCOCCNS(=O)(=O)c1ccccc1F. The van der Waals surface area contributed by atoms with E-state index >= 15 is 0 Å². The van der Waals surface area contributed by atoms with Crippen LogP contribution in [0.2, 0.25) is 0 Å². The Bertz CT molecular complexity index is 451. The van der Waals surface area contributed by atoms with Crippen molar-refractivity contribution in [2.75, 3.05) is 26.3 Å². The van der Waals surface area contributed by atoms with Crippen molar-refractivity contribution in [3.05, 3.63) is 30.1 Å². The fourth-order valence-electron chi connectivity index (χ4n) is 1.17. The molecule has 1 rings (SSSR count). The summed E-state index contributed by atoms with van der Waals surface area (Å²) in [5.41, 5.74) is 5.19. The summed E-state index contributed by atoms with van der Waals surface area (Å²) in [6.45, 7) is 1.02. The number of rotatable bonds is 7. The van der Waals surface area contributed by atoms with Crippen LogP contribution in [0.25, 0.3) is 0 Å². The number of hydrogen-bond donors (Lipinski definition) is 2. The number of sulfonamides is 1. The smallest absolute Gasteiger partial charge is 0.243 e. The third kappa shape index (κ3) is 4.39. The molecule has 0 bridgehead atoms. The molecule has 0 spiro atoms. The van der Waals surface area contributed by atoms with Crippen LogP contribution in [-0.4, -0.2) is 34.7 Å². The molecule has 1 aromatic carbocycles. The molecule has 0 heterocycles. The summed E-state index contributed by atoms with van der Waals surface area (Å²) in [7, 11) is -3.81. The Labute approximate surface area is 99.8 Å². The Morgan fingerprint density at radius 1 is 1.29 bits per heavy atom. The highest BCUT2D eigenvalue weighted by atomic mass is 32.2. The molecule has 5 nitrogen and oxygen atoms in total. The van der Waals surface area contributed by atoms with Gasteiger partial charge in [-0.2, -0.15) is 0 Å². The monoisotopic (exact) mass is 262 g/mol. The van der Waals surface area contributed by atoms with Gasteiger partial charge in [0.1, 0.15) is 10.7 Å². The summed E-state index contributed by atoms with van der Waals surface area (Å²) in [6, 6.07) is 5.19. The maximum Gasteiger partial charge on any atom is 0.243 e. The van der Waals surface area contributed by atoms with E-state index < -0.39 is 15.8 Å². The average Bonchev–Trinajstić information content (AvgIpc) is 2.29. The number of nitrogens with one attached hydrogen (secondary N) is 1. The molecular weight excluding hydrogens is 247 g/mol. The highest BCUT2D eigenvalue weighted by Gasteiger charge is 2.17. The van der Waals surface area contributed by atoms with E-state index in [-0.39, 0.29) is 18.0 Å². The first-order valence-corrected chi connectivity index (χ1v) is 6.58. The molecule has 0 aliphatic carbocycles. The van der Waals surface area contributed by atoms with E-state index in [0.717, 1.165) is 6.07 Å². The van der Waals surface area contributed by atoms with E-state index in [1.54, 1.807) is 0 Å². The molecule has 0 amide bonds. The molecule has 17 heavy (non-hydrogen) atoms. The van der Waals surface area contributed by atoms with Gasteiger partial charge in [0.05, 0.1) is 13.2 Å². The highest BCUT2D eigenvalue weighted by Crippen LogP contribution is 2.12. The first-order valence-electron chi connectivity index (χ1n) is 5.10. The van der Waals surface area contributed by atoms with Gasteiger partial charge in [0.2, 0.25) is 10.0 Å². The van der Waals surface area contributed by atoms with Gasteiger partial charge in [0, 0.05) is 13.1 Å². The van der Waals surface area contributed by atoms with E-state index in [9.17, 15) is 12.8 Å². The lowest BCUT2D eigenvalue weighted by Gasteiger charge is -2.07. The third-order valence-electron chi connectivity index (χ3n) is 1.93. The van der Waals surface area contributed by atoms with E-state index in [0.29, 0.717) is 13.2 Å². The Balaban J connectivity index is 2.55. The zero-order valence-corrected chi connectivity index (χ0v) is 10.0. The van der Waals surface area contributed by atoms with Crippen molar-refractivity contribution >= 4 is 10.0 Å². The van der Waals surface area contributed by atoms with Crippen LogP contribution in [0.3, 0.4) is 0 Å². The molecule has 0 radical (unpaired) electrons. The van der Waals surface area contributed by atoms with Gasteiger partial charge in [0.15, 0.2) is 0 Å². The summed E-state index contributed by atoms with van der Waals surface area (Å²) in [5, 5.41) is 0. The van der Waals surface area contributed by atoms with Crippen LogP contribution in [0.15, 0.2) is 29.2 Å². The van der Waals surface area contributed by atoms with Gasteiger partial charge in [-0.3, -0.25) is 0 Å². The topological polar surface area (TPSA) is 81.4 Å². The minimum absolute atomic E-state index is 0.0800. The van der Waals surface area contributed by atoms with Crippen molar-refractivity contribution in [1.29, 1.82) is 0 Å². The predicted molar refractivity (Wildman–Crippen MR) is 61.5 cm³/mol. The molecule has 0 fully saturated rings. The number of hydrogen-bond acceptors (Lipinski definition) is 4. The fraction of sp³-hybridized carbons (Fsp3) is 0.400. The molecule has 0 aliphatic rings. The van der Waals surface area contributed by atoms with Crippen molar-refractivity contribution in [3.63, 3.8) is 0 Å². The lowest BCUT2D eigenvalue weighted by molar-refractivity contribution is 0.147. The second-order valence-electron chi connectivity index (χ2n) is 3.23. The van der Waals surface area contributed by atoms with E-state index in [1.807, 2.05) is 0 Å².